The van der Waals surface area contributed by atoms with Crippen LogP contribution in [0.4, 0.5) is 11.4 Å². The van der Waals surface area contributed by atoms with Crippen LogP contribution in [0.3, 0.4) is 0 Å². The summed E-state index contributed by atoms with van der Waals surface area (Å²) in [5, 5.41) is 5.78. The standard InChI is InChI=1S/C25H28N2O6S/c1-16-6-9-20(17(2)12-16)27-25(28)15-26-21-10-7-18(31-3)13-24(21)34(29,30)19-8-11-22(32-4)23(14-19)33-5/h6-14,26H,15H2,1-5H3,(H,27,28). The van der Waals surface area contributed by atoms with E-state index in [1.54, 1.807) is 12.1 Å². The highest BCUT2D eigenvalue weighted by Crippen LogP contribution is 2.35. The fourth-order valence-corrected chi connectivity index (χ4v) is 4.90. The number of hydrogen-bond donors (Lipinski definition) is 2. The van der Waals surface area contributed by atoms with E-state index >= 15 is 0 Å². The average Bonchev–Trinajstić information content (AvgIpc) is 2.83. The Hall–Kier alpha value is -3.72. The molecule has 0 bridgehead atoms. The molecule has 0 fully saturated rings. The molecule has 34 heavy (non-hydrogen) atoms. The first-order valence-corrected chi connectivity index (χ1v) is 11.9. The minimum absolute atomic E-state index is 0.0150. The Bertz CT molecular complexity index is 1300. The number of aryl methyl sites for hydroxylation is 2. The molecule has 0 spiro atoms. The van der Waals surface area contributed by atoms with Crippen LogP contribution in [0, 0.1) is 13.8 Å². The van der Waals surface area contributed by atoms with E-state index in [2.05, 4.69) is 10.6 Å². The highest BCUT2D eigenvalue weighted by Gasteiger charge is 2.24. The van der Waals surface area contributed by atoms with Crippen molar-refractivity contribution < 1.29 is 27.4 Å². The van der Waals surface area contributed by atoms with Gasteiger partial charge in [-0.05, 0) is 49.7 Å². The molecule has 0 heterocycles. The van der Waals surface area contributed by atoms with Gasteiger partial charge in [-0.25, -0.2) is 8.42 Å². The second kappa shape index (κ2) is 10.5. The Morgan fingerprint density at radius 2 is 1.53 bits per heavy atom. The summed E-state index contributed by atoms with van der Waals surface area (Å²) in [6.45, 7) is 3.76. The summed E-state index contributed by atoms with van der Waals surface area (Å²) >= 11 is 0. The van der Waals surface area contributed by atoms with Crippen molar-refractivity contribution in [3.8, 4) is 17.2 Å². The molecule has 0 unspecified atom stereocenters. The topological polar surface area (TPSA) is 103 Å². The van der Waals surface area contributed by atoms with Crippen LogP contribution in [0.25, 0.3) is 0 Å². The number of carbonyl (C=O) groups excluding carboxylic acids is 1. The molecule has 0 atom stereocenters. The lowest BCUT2D eigenvalue weighted by Crippen LogP contribution is -2.23. The molecular formula is C25H28N2O6S. The Balaban J connectivity index is 1.89. The third kappa shape index (κ3) is 5.43. The Morgan fingerprint density at radius 1 is 0.824 bits per heavy atom. The van der Waals surface area contributed by atoms with Crippen LogP contribution < -0.4 is 24.8 Å². The lowest BCUT2D eigenvalue weighted by Gasteiger charge is -2.16. The van der Waals surface area contributed by atoms with Crippen LogP contribution in [0.2, 0.25) is 0 Å². The van der Waals surface area contributed by atoms with E-state index in [1.165, 1.54) is 45.6 Å². The van der Waals surface area contributed by atoms with Crippen LogP contribution >= 0.6 is 0 Å². The molecule has 3 aromatic carbocycles. The van der Waals surface area contributed by atoms with E-state index in [1.807, 2.05) is 32.0 Å². The maximum Gasteiger partial charge on any atom is 0.243 e. The number of sulfone groups is 1. The third-order valence-corrected chi connectivity index (χ3v) is 7.03. The summed E-state index contributed by atoms with van der Waals surface area (Å²) in [4.78, 5) is 12.5. The van der Waals surface area contributed by atoms with Gasteiger partial charge in [-0.2, -0.15) is 0 Å². The normalized spacial score (nSPS) is 11.0. The number of ether oxygens (including phenoxy) is 3. The smallest absolute Gasteiger partial charge is 0.243 e. The monoisotopic (exact) mass is 484 g/mol. The summed E-state index contributed by atoms with van der Waals surface area (Å²) in [6.07, 6.45) is 0. The largest absolute Gasteiger partial charge is 0.497 e. The van der Waals surface area contributed by atoms with Crippen LogP contribution in [-0.4, -0.2) is 42.2 Å². The van der Waals surface area contributed by atoms with Gasteiger partial charge in [0.25, 0.3) is 0 Å². The summed E-state index contributed by atoms with van der Waals surface area (Å²) in [5.74, 6) is 0.754. The minimum Gasteiger partial charge on any atom is -0.497 e. The van der Waals surface area contributed by atoms with Crippen LogP contribution in [-0.2, 0) is 14.6 Å². The van der Waals surface area contributed by atoms with Crippen molar-refractivity contribution in [2.45, 2.75) is 23.6 Å². The highest BCUT2D eigenvalue weighted by molar-refractivity contribution is 7.91. The molecule has 0 saturated carbocycles. The van der Waals surface area contributed by atoms with Crippen molar-refractivity contribution in [1.82, 2.24) is 0 Å². The first kappa shape index (κ1) is 24.9. The van der Waals surface area contributed by atoms with Gasteiger partial charge in [0.05, 0.1) is 43.4 Å². The second-order valence-electron chi connectivity index (χ2n) is 7.60. The average molecular weight is 485 g/mol. The molecule has 0 saturated heterocycles. The predicted octanol–water partition coefficient (Wildman–Crippen LogP) is 4.21. The van der Waals surface area contributed by atoms with Crippen molar-refractivity contribution in [2.24, 2.45) is 0 Å². The van der Waals surface area contributed by atoms with E-state index in [0.717, 1.165) is 11.1 Å². The van der Waals surface area contributed by atoms with E-state index < -0.39 is 9.84 Å². The molecule has 0 radical (unpaired) electrons. The SMILES string of the molecule is COc1ccc(NCC(=O)Nc2ccc(C)cc2C)c(S(=O)(=O)c2ccc(OC)c(OC)c2)c1. The van der Waals surface area contributed by atoms with E-state index in [4.69, 9.17) is 14.2 Å². The number of anilines is 2. The van der Waals surface area contributed by atoms with Gasteiger partial charge in [-0.3, -0.25) is 4.79 Å². The highest BCUT2D eigenvalue weighted by atomic mass is 32.2. The fourth-order valence-electron chi connectivity index (χ4n) is 3.43. The first-order valence-electron chi connectivity index (χ1n) is 10.5. The van der Waals surface area contributed by atoms with Gasteiger partial charge in [0, 0.05) is 17.8 Å². The van der Waals surface area contributed by atoms with Crippen LogP contribution in [0.15, 0.2) is 64.4 Å². The van der Waals surface area contributed by atoms with Crippen molar-refractivity contribution in [3.05, 3.63) is 65.7 Å². The maximum absolute atomic E-state index is 13.5. The van der Waals surface area contributed by atoms with Crippen molar-refractivity contribution in [2.75, 3.05) is 38.5 Å². The zero-order valence-corrected chi connectivity index (χ0v) is 20.6. The number of methoxy groups -OCH3 is 3. The third-order valence-electron chi connectivity index (χ3n) is 5.24. The predicted molar refractivity (Wildman–Crippen MR) is 131 cm³/mol. The summed E-state index contributed by atoms with van der Waals surface area (Å²) in [5.41, 5.74) is 3.00. The molecule has 3 rings (SSSR count). The van der Waals surface area contributed by atoms with Gasteiger partial charge in [0.1, 0.15) is 5.75 Å². The van der Waals surface area contributed by atoms with Crippen LogP contribution in [0.1, 0.15) is 11.1 Å². The van der Waals surface area contributed by atoms with Crippen molar-refractivity contribution in [1.29, 1.82) is 0 Å². The first-order chi connectivity index (χ1) is 16.2. The lowest BCUT2D eigenvalue weighted by atomic mass is 10.1. The Labute approximate surface area is 199 Å². The molecule has 0 aliphatic carbocycles. The number of carbonyl (C=O) groups is 1. The number of amides is 1. The quantitative estimate of drug-likeness (QED) is 0.469. The molecule has 9 heteroatoms. The van der Waals surface area contributed by atoms with Crippen LogP contribution in [0.5, 0.6) is 17.2 Å². The van der Waals surface area contributed by atoms with E-state index in [0.29, 0.717) is 17.2 Å². The van der Waals surface area contributed by atoms with E-state index in [-0.39, 0.29) is 33.7 Å². The van der Waals surface area contributed by atoms with Gasteiger partial charge >= 0.3 is 0 Å². The lowest BCUT2D eigenvalue weighted by molar-refractivity contribution is -0.114. The summed E-state index contributed by atoms with van der Waals surface area (Å²) in [7, 11) is 0.366. The molecule has 0 aromatic heterocycles. The van der Waals surface area contributed by atoms with Gasteiger partial charge < -0.3 is 24.8 Å². The number of hydrogen-bond acceptors (Lipinski definition) is 7. The molecule has 3 aromatic rings. The fraction of sp³-hybridized carbons (Fsp3) is 0.240. The molecule has 0 aliphatic heterocycles. The van der Waals surface area contributed by atoms with Crippen molar-refractivity contribution in [3.63, 3.8) is 0 Å². The van der Waals surface area contributed by atoms with Gasteiger partial charge in [0.2, 0.25) is 15.7 Å². The summed E-state index contributed by atoms with van der Waals surface area (Å²) < 4.78 is 42.7. The van der Waals surface area contributed by atoms with Gasteiger partial charge in [-0.1, -0.05) is 17.7 Å². The molecule has 2 N–H and O–H groups in total. The maximum atomic E-state index is 13.5. The Morgan fingerprint density at radius 3 is 2.18 bits per heavy atom. The van der Waals surface area contributed by atoms with Gasteiger partial charge in [-0.15, -0.1) is 0 Å². The number of benzene rings is 3. The molecular weight excluding hydrogens is 456 g/mol. The molecule has 8 nitrogen and oxygen atoms in total. The zero-order chi connectivity index (χ0) is 24.9. The van der Waals surface area contributed by atoms with E-state index in [9.17, 15) is 13.2 Å². The number of rotatable bonds is 9. The second-order valence-corrected chi connectivity index (χ2v) is 9.52. The summed E-state index contributed by atoms with van der Waals surface area (Å²) in [6, 6.07) is 14.7. The molecule has 0 aliphatic rings. The molecule has 1 amide bonds. The zero-order valence-electron chi connectivity index (χ0n) is 19.8. The number of nitrogens with one attached hydrogen (secondary N) is 2. The van der Waals surface area contributed by atoms with Gasteiger partial charge in [0.15, 0.2) is 11.5 Å². The minimum atomic E-state index is -3.99. The van der Waals surface area contributed by atoms with Crippen molar-refractivity contribution >= 4 is 27.1 Å². The molecule has 180 valence electrons. The Kier molecular flexibility index (Phi) is 7.68.